The Hall–Kier alpha value is -2.29. The van der Waals surface area contributed by atoms with Crippen LogP contribution in [0, 0.1) is 17.6 Å². The first kappa shape index (κ1) is 18.5. The molecule has 0 unspecified atom stereocenters. The number of rotatable bonds is 4. The van der Waals surface area contributed by atoms with Crippen molar-refractivity contribution in [2.45, 2.75) is 30.8 Å². The number of likely N-dealkylation sites (N-methyl/N-ethyl adjacent to an activating group) is 1. The van der Waals surface area contributed by atoms with E-state index in [0.29, 0.717) is 11.6 Å². The summed E-state index contributed by atoms with van der Waals surface area (Å²) in [5, 5.41) is 31.3. The lowest BCUT2D eigenvalue weighted by Crippen LogP contribution is -2.41. The zero-order chi connectivity index (χ0) is 19.0. The Balaban J connectivity index is 1.81. The number of aliphatic hydroxyl groups is 3. The van der Waals surface area contributed by atoms with E-state index in [1.54, 1.807) is 30.1 Å². The summed E-state index contributed by atoms with van der Waals surface area (Å²) in [5.74, 6) is -2.00. The van der Waals surface area contributed by atoms with Gasteiger partial charge in [-0.05, 0) is 36.2 Å². The zero-order valence-electron chi connectivity index (χ0n) is 14.1. The summed E-state index contributed by atoms with van der Waals surface area (Å²) < 4.78 is 26.5. The van der Waals surface area contributed by atoms with Crippen LogP contribution >= 0.6 is 0 Å². The second-order valence-corrected chi connectivity index (χ2v) is 6.60. The number of aliphatic hydroxyl groups excluding tert-OH is 3. The maximum absolute atomic E-state index is 13.4. The fourth-order valence-electron chi connectivity index (χ4n) is 3.49. The third-order valence-electron chi connectivity index (χ3n) is 5.00. The predicted octanol–water partition coefficient (Wildman–Crippen LogP) is 1.22. The number of nitrogens with zero attached hydrogens (tertiary/aromatic N) is 2. The molecule has 1 heterocycles. The van der Waals surface area contributed by atoms with Crippen LogP contribution in [0.15, 0.2) is 36.4 Å². The first-order valence-electron chi connectivity index (χ1n) is 8.24. The van der Waals surface area contributed by atoms with Crippen LogP contribution in [-0.2, 0) is 0 Å². The molecule has 6 nitrogen and oxygen atoms in total. The van der Waals surface area contributed by atoms with E-state index in [2.05, 4.69) is 4.98 Å². The van der Waals surface area contributed by atoms with E-state index in [-0.39, 0.29) is 12.0 Å². The fraction of sp³-hybridized carbons (Fsp3) is 0.389. The Labute approximate surface area is 149 Å². The number of hydrogen-bond acceptors (Lipinski definition) is 6. The van der Waals surface area contributed by atoms with Crippen molar-refractivity contribution >= 4 is 11.6 Å². The van der Waals surface area contributed by atoms with Gasteiger partial charge < -0.3 is 26.0 Å². The van der Waals surface area contributed by atoms with Crippen LogP contribution in [-0.4, -0.2) is 45.6 Å². The molecule has 0 spiro atoms. The van der Waals surface area contributed by atoms with E-state index in [9.17, 15) is 24.1 Å². The first-order chi connectivity index (χ1) is 12.3. The average molecular weight is 365 g/mol. The number of benzene rings is 1. The molecule has 0 radical (unpaired) electrons. The number of pyridine rings is 1. The van der Waals surface area contributed by atoms with E-state index in [4.69, 9.17) is 5.73 Å². The van der Waals surface area contributed by atoms with Crippen molar-refractivity contribution in [2.75, 3.05) is 17.7 Å². The van der Waals surface area contributed by atoms with Gasteiger partial charge in [0.15, 0.2) is 11.6 Å². The lowest BCUT2D eigenvalue weighted by Gasteiger charge is -2.28. The van der Waals surface area contributed by atoms with Crippen molar-refractivity contribution < 1.29 is 24.1 Å². The molecule has 0 aliphatic heterocycles. The lowest BCUT2D eigenvalue weighted by atomic mass is 9.92. The maximum Gasteiger partial charge on any atom is 0.159 e. The molecule has 8 heteroatoms. The molecular formula is C18H21F2N3O3. The molecule has 1 saturated carbocycles. The fourth-order valence-corrected chi connectivity index (χ4v) is 3.49. The number of anilines is 2. The Kier molecular flexibility index (Phi) is 5.08. The summed E-state index contributed by atoms with van der Waals surface area (Å²) in [6.45, 7) is 0. The molecule has 26 heavy (non-hydrogen) atoms. The van der Waals surface area contributed by atoms with E-state index >= 15 is 0 Å². The van der Waals surface area contributed by atoms with Gasteiger partial charge >= 0.3 is 0 Å². The maximum atomic E-state index is 13.4. The number of nitrogen functional groups attached to an aromatic ring is 1. The minimum Gasteiger partial charge on any atom is -0.390 e. The standard InChI is InChI=1S/C18H21F2N3O3/c1-23(15-4-2-3-14(21)22-15)13-8-10(17(25)18(13)26)16(24)9-5-6-11(19)12(20)7-9/h2-7,10,13,16-18,24-26H,8H2,1H3,(H2,21,22)/t10-,13-,16+,17-,18+/m1/s1. The summed E-state index contributed by atoms with van der Waals surface area (Å²) >= 11 is 0. The highest BCUT2D eigenvalue weighted by atomic mass is 19.2. The monoisotopic (exact) mass is 365 g/mol. The Morgan fingerprint density at radius 3 is 2.54 bits per heavy atom. The SMILES string of the molecule is CN(c1cccc(N)n1)[C@@H]1C[C@H]([C@@H](O)c2ccc(F)c(F)c2)[C@@H](O)[C@H]1O. The van der Waals surface area contributed by atoms with E-state index in [1.165, 1.54) is 6.07 Å². The molecule has 1 aromatic carbocycles. The quantitative estimate of drug-likeness (QED) is 0.650. The molecule has 5 N–H and O–H groups in total. The van der Waals surface area contributed by atoms with Crippen molar-refractivity contribution in [1.29, 1.82) is 0 Å². The second-order valence-electron chi connectivity index (χ2n) is 6.60. The van der Waals surface area contributed by atoms with Crippen molar-refractivity contribution in [3.8, 4) is 0 Å². The highest BCUT2D eigenvalue weighted by Crippen LogP contribution is 2.39. The molecule has 0 saturated heterocycles. The molecule has 5 atom stereocenters. The van der Waals surface area contributed by atoms with Gasteiger partial charge in [0.25, 0.3) is 0 Å². The smallest absolute Gasteiger partial charge is 0.159 e. The van der Waals surface area contributed by atoms with Gasteiger partial charge in [-0.15, -0.1) is 0 Å². The third kappa shape index (κ3) is 3.35. The van der Waals surface area contributed by atoms with Crippen molar-refractivity contribution in [3.05, 3.63) is 53.6 Å². The van der Waals surface area contributed by atoms with Crippen molar-refractivity contribution in [2.24, 2.45) is 5.92 Å². The third-order valence-corrected chi connectivity index (χ3v) is 5.00. The Morgan fingerprint density at radius 2 is 1.88 bits per heavy atom. The van der Waals surface area contributed by atoms with Gasteiger partial charge in [-0.2, -0.15) is 0 Å². The molecule has 0 bridgehead atoms. The molecule has 1 aliphatic carbocycles. The average Bonchev–Trinajstić information content (AvgIpc) is 2.91. The van der Waals surface area contributed by atoms with Crippen LogP contribution in [0.25, 0.3) is 0 Å². The summed E-state index contributed by atoms with van der Waals surface area (Å²) in [6.07, 6.45) is -3.39. The number of halogens is 2. The molecule has 1 aliphatic rings. The molecule has 1 aromatic heterocycles. The van der Waals surface area contributed by atoms with Crippen LogP contribution < -0.4 is 10.6 Å². The summed E-state index contributed by atoms with van der Waals surface area (Å²) in [4.78, 5) is 5.87. The van der Waals surface area contributed by atoms with Gasteiger partial charge in [-0.3, -0.25) is 0 Å². The molecule has 140 valence electrons. The Bertz CT molecular complexity index is 792. The van der Waals surface area contributed by atoms with Gasteiger partial charge in [0.05, 0.1) is 18.2 Å². The summed E-state index contributed by atoms with van der Waals surface area (Å²) in [5.41, 5.74) is 5.82. The van der Waals surface area contributed by atoms with Gasteiger partial charge in [-0.1, -0.05) is 12.1 Å². The van der Waals surface area contributed by atoms with Crippen molar-refractivity contribution in [1.82, 2.24) is 4.98 Å². The second kappa shape index (κ2) is 7.14. The number of aromatic nitrogens is 1. The van der Waals surface area contributed by atoms with Crippen LogP contribution in [0.2, 0.25) is 0 Å². The number of hydrogen-bond donors (Lipinski definition) is 4. The van der Waals surface area contributed by atoms with Crippen LogP contribution in [0.1, 0.15) is 18.1 Å². The highest BCUT2D eigenvalue weighted by Gasteiger charge is 2.46. The topological polar surface area (TPSA) is 103 Å². The largest absolute Gasteiger partial charge is 0.390 e. The van der Waals surface area contributed by atoms with Gasteiger partial charge in [0, 0.05) is 13.0 Å². The van der Waals surface area contributed by atoms with Gasteiger partial charge in [-0.25, -0.2) is 13.8 Å². The Morgan fingerprint density at radius 1 is 1.15 bits per heavy atom. The first-order valence-corrected chi connectivity index (χ1v) is 8.24. The molecule has 1 fully saturated rings. The lowest BCUT2D eigenvalue weighted by molar-refractivity contribution is -0.0232. The van der Waals surface area contributed by atoms with Crippen LogP contribution in [0.3, 0.4) is 0 Å². The van der Waals surface area contributed by atoms with E-state index < -0.39 is 41.9 Å². The summed E-state index contributed by atoms with van der Waals surface area (Å²) in [6, 6.07) is 7.63. The van der Waals surface area contributed by atoms with Gasteiger partial charge in [0.2, 0.25) is 0 Å². The van der Waals surface area contributed by atoms with Crippen LogP contribution in [0.5, 0.6) is 0 Å². The minimum absolute atomic E-state index is 0.144. The molecule has 2 aromatic rings. The minimum atomic E-state index is -1.25. The van der Waals surface area contributed by atoms with E-state index in [0.717, 1.165) is 12.1 Å². The molecular weight excluding hydrogens is 344 g/mol. The number of nitrogens with two attached hydrogens (primary N) is 1. The normalized spacial score (nSPS) is 26.7. The van der Waals surface area contributed by atoms with Crippen molar-refractivity contribution in [3.63, 3.8) is 0 Å². The highest BCUT2D eigenvalue weighted by molar-refractivity contribution is 5.45. The zero-order valence-corrected chi connectivity index (χ0v) is 14.1. The van der Waals surface area contributed by atoms with Gasteiger partial charge in [0.1, 0.15) is 17.7 Å². The van der Waals surface area contributed by atoms with E-state index in [1.807, 2.05) is 0 Å². The van der Waals surface area contributed by atoms with Crippen LogP contribution in [0.4, 0.5) is 20.4 Å². The molecule has 3 rings (SSSR count). The predicted molar refractivity (Wildman–Crippen MR) is 92.3 cm³/mol. The summed E-state index contributed by atoms with van der Waals surface area (Å²) in [7, 11) is 1.70. The molecule has 0 amide bonds.